The summed E-state index contributed by atoms with van der Waals surface area (Å²) in [6.07, 6.45) is 5.38. The third kappa shape index (κ3) is 4.19. The van der Waals surface area contributed by atoms with Gasteiger partial charge in [0.2, 0.25) is 15.9 Å². The summed E-state index contributed by atoms with van der Waals surface area (Å²) in [6, 6.07) is 7.22. The summed E-state index contributed by atoms with van der Waals surface area (Å²) in [5.74, 6) is -0.297. The fraction of sp³-hybridized carbons (Fsp3) is 0.550. The number of carbonyl (C=O) groups excluding carboxylic acids is 1. The minimum atomic E-state index is -3.60. The summed E-state index contributed by atoms with van der Waals surface area (Å²) in [7, 11) is -3.60. The van der Waals surface area contributed by atoms with Gasteiger partial charge in [0, 0.05) is 43.3 Å². The molecule has 1 aromatic carbocycles. The molecule has 0 aliphatic carbocycles. The molecule has 0 radical (unpaired) electrons. The Labute approximate surface area is 161 Å². The second kappa shape index (κ2) is 8.44. The largest absolute Gasteiger partial charge is 0.356 e. The van der Waals surface area contributed by atoms with Crippen LogP contribution in [0.25, 0.3) is 10.9 Å². The monoisotopic (exact) mass is 391 g/mol. The van der Waals surface area contributed by atoms with Crippen LogP contribution in [-0.4, -0.2) is 42.8 Å². The molecule has 7 heteroatoms. The van der Waals surface area contributed by atoms with Crippen molar-refractivity contribution in [2.45, 2.75) is 51.0 Å². The number of amides is 1. The van der Waals surface area contributed by atoms with Gasteiger partial charge in [0.05, 0.1) is 10.8 Å². The molecule has 1 aliphatic rings. The number of fused-ring (bicyclic) bond motifs is 1. The first-order valence-electron chi connectivity index (χ1n) is 9.84. The molecule has 0 unspecified atom stereocenters. The van der Waals surface area contributed by atoms with E-state index in [9.17, 15) is 13.2 Å². The molecule has 1 amide bonds. The molecule has 27 heavy (non-hydrogen) atoms. The summed E-state index contributed by atoms with van der Waals surface area (Å²) in [4.78, 5) is 12.7. The number of unbranched alkanes of at least 4 members (excludes halogenated alkanes) is 1. The minimum Gasteiger partial charge on any atom is -0.356 e. The fourth-order valence-corrected chi connectivity index (χ4v) is 5.23. The smallest absolute Gasteiger partial charge is 0.243 e. The van der Waals surface area contributed by atoms with Gasteiger partial charge < -0.3 is 9.88 Å². The number of sulfonamides is 1. The molecule has 0 spiro atoms. The van der Waals surface area contributed by atoms with E-state index in [-0.39, 0.29) is 18.4 Å². The maximum atomic E-state index is 13.1. The average molecular weight is 392 g/mol. The van der Waals surface area contributed by atoms with Crippen molar-refractivity contribution in [2.75, 3.05) is 19.6 Å². The predicted octanol–water partition coefficient (Wildman–Crippen LogP) is 2.98. The molecule has 2 aromatic rings. The van der Waals surface area contributed by atoms with Gasteiger partial charge in [-0.2, -0.15) is 4.31 Å². The highest BCUT2D eigenvalue weighted by Gasteiger charge is 2.33. The van der Waals surface area contributed by atoms with E-state index in [1.165, 1.54) is 4.31 Å². The molecule has 2 heterocycles. The minimum absolute atomic E-state index is 0.0289. The Morgan fingerprint density at radius 3 is 2.81 bits per heavy atom. The maximum Gasteiger partial charge on any atom is 0.243 e. The zero-order valence-electron chi connectivity index (χ0n) is 16.1. The molecule has 1 aromatic heterocycles. The third-order valence-electron chi connectivity index (χ3n) is 5.31. The van der Waals surface area contributed by atoms with Crippen molar-refractivity contribution >= 4 is 26.8 Å². The molecule has 1 saturated heterocycles. The van der Waals surface area contributed by atoms with Gasteiger partial charge in [-0.25, -0.2) is 8.42 Å². The lowest BCUT2D eigenvalue weighted by Gasteiger charge is -2.31. The number of benzene rings is 1. The molecule has 6 nitrogen and oxygen atoms in total. The van der Waals surface area contributed by atoms with E-state index < -0.39 is 10.0 Å². The summed E-state index contributed by atoms with van der Waals surface area (Å²) in [6.45, 7) is 6.36. The van der Waals surface area contributed by atoms with Crippen LogP contribution in [0.1, 0.15) is 39.5 Å². The highest BCUT2D eigenvalue weighted by molar-refractivity contribution is 7.89. The Hall–Kier alpha value is -1.86. The molecule has 1 aliphatic heterocycles. The van der Waals surface area contributed by atoms with Gasteiger partial charge in [0.15, 0.2) is 0 Å². The summed E-state index contributed by atoms with van der Waals surface area (Å²) in [5, 5.41) is 3.86. The Balaban J connectivity index is 1.76. The van der Waals surface area contributed by atoms with Crippen LogP contribution in [0.15, 0.2) is 35.4 Å². The van der Waals surface area contributed by atoms with Crippen molar-refractivity contribution < 1.29 is 13.2 Å². The van der Waals surface area contributed by atoms with Crippen molar-refractivity contribution in [3.8, 4) is 0 Å². The summed E-state index contributed by atoms with van der Waals surface area (Å²) >= 11 is 0. The van der Waals surface area contributed by atoms with Gasteiger partial charge in [0.1, 0.15) is 0 Å². The van der Waals surface area contributed by atoms with Crippen LogP contribution in [0.2, 0.25) is 0 Å². The molecule has 0 saturated carbocycles. The van der Waals surface area contributed by atoms with Crippen molar-refractivity contribution in [3.05, 3.63) is 30.5 Å². The van der Waals surface area contributed by atoms with E-state index in [1.54, 1.807) is 12.1 Å². The topological polar surface area (TPSA) is 71.4 Å². The van der Waals surface area contributed by atoms with Crippen LogP contribution in [-0.2, 0) is 21.4 Å². The molecule has 1 fully saturated rings. The zero-order chi connectivity index (χ0) is 19.4. The highest BCUT2D eigenvalue weighted by Crippen LogP contribution is 2.27. The van der Waals surface area contributed by atoms with Crippen LogP contribution in [0.4, 0.5) is 0 Å². The number of hydrogen-bond acceptors (Lipinski definition) is 3. The van der Waals surface area contributed by atoms with Crippen LogP contribution in [0.5, 0.6) is 0 Å². The normalized spacial score (nSPS) is 18.7. The number of piperidine rings is 1. The Kier molecular flexibility index (Phi) is 6.22. The lowest BCUT2D eigenvalue weighted by atomic mass is 9.99. The van der Waals surface area contributed by atoms with Gasteiger partial charge in [-0.3, -0.25) is 4.79 Å². The van der Waals surface area contributed by atoms with E-state index in [4.69, 9.17) is 0 Å². The van der Waals surface area contributed by atoms with E-state index in [0.717, 1.165) is 36.7 Å². The molecule has 3 rings (SSSR count). The van der Waals surface area contributed by atoms with Gasteiger partial charge >= 0.3 is 0 Å². The molecular weight excluding hydrogens is 362 g/mol. The van der Waals surface area contributed by atoms with Crippen LogP contribution >= 0.6 is 0 Å². The zero-order valence-corrected chi connectivity index (χ0v) is 17.0. The molecular formula is C20H29N3O3S. The predicted molar refractivity (Wildman–Crippen MR) is 107 cm³/mol. The van der Waals surface area contributed by atoms with Gasteiger partial charge in [-0.05, 0) is 50.5 Å². The second-order valence-corrected chi connectivity index (χ2v) is 9.11. The SMILES string of the molecule is CCCCNC(=O)[C@@H]1CCCN(S(=O)(=O)c2ccc3c(ccn3CC)c2)C1. The maximum absolute atomic E-state index is 13.1. The summed E-state index contributed by atoms with van der Waals surface area (Å²) in [5.41, 5.74) is 1.03. The standard InChI is InChI=1S/C20H29N3O3S/c1-3-5-11-21-20(24)17-7-6-12-23(15-17)27(25,26)18-8-9-19-16(14-18)10-13-22(19)4-2/h8-10,13-14,17H,3-7,11-12,15H2,1-2H3,(H,21,24)/t17-/m1/s1. The Morgan fingerprint density at radius 2 is 2.07 bits per heavy atom. The summed E-state index contributed by atoms with van der Waals surface area (Å²) < 4.78 is 29.8. The number of rotatable bonds is 7. The van der Waals surface area contributed by atoms with Gasteiger partial charge in [-0.1, -0.05) is 13.3 Å². The molecule has 1 N–H and O–H groups in total. The number of nitrogens with zero attached hydrogens (tertiary/aromatic N) is 2. The second-order valence-electron chi connectivity index (χ2n) is 7.17. The molecule has 148 valence electrons. The van der Waals surface area contributed by atoms with E-state index in [2.05, 4.69) is 23.7 Å². The first kappa shape index (κ1) is 19.9. The van der Waals surface area contributed by atoms with E-state index in [1.807, 2.05) is 18.3 Å². The Bertz CT molecular complexity index is 904. The van der Waals surface area contributed by atoms with E-state index >= 15 is 0 Å². The lowest BCUT2D eigenvalue weighted by molar-refractivity contribution is -0.126. The lowest BCUT2D eigenvalue weighted by Crippen LogP contribution is -2.45. The van der Waals surface area contributed by atoms with Crippen molar-refractivity contribution in [1.29, 1.82) is 0 Å². The quantitative estimate of drug-likeness (QED) is 0.738. The first-order chi connectivity index (χ1) is 13.0. The third-order valence-corrected chi connectivity index (χ3v) is 7.17. The number of aromatic nitrogens is 1. The van der Waals surface area contributed by atoms with Crippen LogP contribution < -0.4 is 5.32 Å². The van der Waals surface area contributed by atoms with Crippen molar-refractivity contribution in [1.82, 2.24) is 14.2 Å². The van der Waals surface area contributed by atoms with Crippen LogP contribution in [0.3, 0.4) is 0 Å². The number of carbonyl (C=O) groups is 1. The highest BCUT2D eigenvalue weighted by atomic mass is 32.2. The number of nitrogens with one attached hydrogen (secondary N) is 1. The van der Waals surface area contributed by atoms with Gasteiger partial charge in [0.25, 0.3) is 0 Å². The van der Waals surface area contributed by atoms with E-state index in [0.29, 0.717) is 24.4 Å². The first-order valence-corrected chi connectivity index (χ1v) is 11.3. The Morgan fingerprint density at radius 1 is 1.26 bits per heavy atom. The van der Waals surface area contributed by atoms with Crippen LogP contribution in [0, 0.1) is 5.92 Å². The number of hydrogen-bond donors (Lipinski definition) is 1. The van der Waals surface area contributed by atoms with Gasteiger partial charge in [-0.15, -0.1) is 0 Å². The average Bonchev–Trinajstić information content (AvgIpc) is 3.10. The van der Waals surface area contributed by atoms with Crippen molar-refractivity contribution in [2.24, 2.45) is 5.92 Å². The number of aryl methyl sites for hydroxylation is 1. The molecule has 1 atom stereocenters. The fourth-order valence-electron chi connectivity index (χ4n) is 3.67. The molecule has 0 bridgehead atoms. The van der Waals surface area contributed by atoms with Crippen molar-refractivity contribution in [3.63, 3.8) is 0 Å².